The number of thiol groups is 1. The second-order valence-corrected chi connectivity index (χ2v) is 5.06. The Bertz CT molecular complexity index is 774. The van der Waals surface area contributed by atoms with Gasteiger partial charge in [0.25, 0.3) is 5.24 Å². The molecule has 0 saturated carbocycles. The molecule has 2 amide bonds. The fourth-order valence-corrected chi connectivity index (χ4v) is 2.53. The maximum absolute atomic E-state index is 11.6. The van der Waals surface area contributed by atoms with Gasteiger partial charge in [-0.1, -0.05) is 49.0 Å². The average molecular weight is 312 g/mol. The smallest absolute Gasteiger partial charge is 0.416 e. The van der Waals surface area contributed by atoms with E-state index < -0.39 is 11.3 Å². The molecule has 0 spiro atoms. The zero-order valence-corrected chi connectivity index (χ0v) is 12.3. The predicted molar refractivity (Wildman–Crippen MR) is 88.4 cm³/mol. The molecule has 0 bridgehead atoms. The molecule has 1 aliphatic heterocycles. The molecular weight excluding hydrogens is 300 g/mol. The summed E-state index contributed by atoms with van der Waals surface area (Å²) in [6.07, 6.45) is 1.59. The molecule has 1 aliphatic rings. The first-order chi connectivity index (χ1) is 10.6. The molecule has 1 N–H and O–H groups in total. The molecule has 0 radical (unpaired) electrons. The van der Waals surface area contributed by atoms with Crippen molar-refractivity contribution in [1.29, 1.82) is 0 Å². The third-order valence-electron chi connectivity index (χ3n) is 3.38. The van der Waals surface area contributed by atoms with Crippen LogP contribution in [0.3, 0.4) is 0 Å². The fraction of sp³-hybridized carbons (Fsp3) is 0. The Morgan fingerprint density at radius 3 is 2.18 bits per heavy atom. The van der Waals surface area contributed by atoms with Crippen LogP contribution in [-0.2, 0) is 0 Å². The Hall–Kier alpha value is -2.73. The molecule has 2 aromatic carbocycles. The summed E-state index contributed by atoms with van der Waals surface area (Å²) in [6.45, 7) is 0. The van der Waals surface area contributed by atoms with Gasteiger partial charge in [-0.05, 0) is 23.3 Å². The molecule has 5 nitrogen and oxygen atoms in total. The highest BCUT2D eigenvalue weighted by Crippen LogP contribution is 2.37. The van der Waals surface area contributed by atoms with Gasteiger partial charge in [0.15, 0.2) is 0 Å². The molecule has 0 unspecified atom stereocenters. The van der Waals surface area contributed by atoms with Crippen LogP contribution in [-0.4, -0.2) is 16.4 Å². The van der Waals surface area contributed by atoms with Crippen molar-refractivity contribution >= 4 is 35.3 Å². The maximum atomic E-state index is 11.6. The van der Waals surface area contributed by atoms with E-state index in [1.807, 2.05) is 36.4 Å². The van der Waals surface area contributed by atoms with Gasteiger partial charge in [-0.15, -0.1) is 0 Å². The molecule has 0 aromatic heterocycles. The lowest BCUT2D eigenvalue weighted by atomic mass is 10.0. The molecule has 2 aromatic rings. The molecule has 110 valence electrons. The second-order valence-electron chi connectivity index (χ2n) is 4.67. The first kappa shape index (κ1) is 14.2. The van der Waals surface area contributed by atoms with Crippen molar-refractivity contribution in [3.63, 3.8) is 0 Å². The van der Waals surface area contributed by atoms with E-state index in [0.717, 1.165) is 16.0 Å². The Morgan fingerprint density at radius 2 is 1.55 bits per heavy atom. The van der Waals surface area contributed by atoms with Gasteiger partial charge in [0.05, 0.1) is 11.4 Å². The molecule has 6 heteroatoms. The summed E-state index contributed by atoms with van der Waals surface area (Å²) in [5.74, 6) is 0. The van der Waals surface area contributed by atoms with E-state index in [1.165, 1.54) is 17.3 Å². The highest BCUT2D eigenvalue weighted by molar-refractivity contribution is 7.97. The highest BCUT2D eigenvalue weighted by atomic mass is 32.1. The van der Waals surface area contributed by atoms with Crippen LogP contribution in [0, 0.1) is 0 Å². The maximum Gasteiger partial charge on any atom is 0.416 e. The predicted octanol–water partition coefficient (Wildman–Crippen LogP) is 4.18. The molecule has 1 heterocycles. The van der Waals surface area contributed by atoms with Crippen molar-refractivity contribution < 1.29 is 14.7 Å². The summed E-state index contributed by atoms with van der Waals surface area (Å²) < 4.78 is 0. The largest absolute Gasteiger partial charge is 0.464 e. The van der Waals surface area contributed by atoms with Crippen LogP contribution in [0.25, 0.3) is 11.1 Å². The summed E-state index contributed by atoms with van der Waals surface area (Å²) in [5, 5.41) is 8.85. The van der Waals surface area contributed by atoms with Crippen LogP contribution in [0.5, 0.6) is 0 Å². The van der Waals surface area contributed by atoms with Gasteiger partial charge < -0.3 is 5.11 Å². The minimum Gasteiger partial charge on any atom is -0.464 e. The third-order valence-corrected chi connectivity index (χ3v) is 3.59. The van der Waals surface area contributed by atoms with Crippen LogP contribution in [0.15, 0.2) is 60.9 Å². The number of nitrogens with zero attached hydrogens (tertiary/aromatic N) is 2. The Kier molecular flexibility index (Phi) is 3.60. The molecule has 22 heavy (non-hydrogen) atoms. The number of carbonyl (C=O) groups excluding carboxylic acids is 1. The van der Waals surface area contributed by atoms with Crippen LogP contribution in [0.2, 0.25) is 0 Å². The van der Waals surface area contributed by atoms with Gasteiger partial charge in [-0.2, -0.15) is 0 Å². The van der Waals surface area contributed by atoms with Crippen LogP contribution < -0.4 is 9.80 Å². The average Bonchev–Trinajstić information content (AvgIpc) is 2.53. The van der Waals surface area contributed by atoms with E-state index in [4.69, 9.17) is 0 Å². The minimum absolute atomic E-state index is 0.416. The number of carboxylic acid groups (broad SMARTS) is 1. The van der Waals surface area contributed by atoms with Crippen LogP contribution >= 0.6 is 12.6 Å². The van der Waals surface area contributed by atoms with Gasteiger partial charge in [0.1, 0.15) is 0 Å². The lowest BCUT2D eigenvalue weighted by Crippen LogP contribution is -2.32. The zero-order chi connectivity index (χ0) is 15.7. The van der Waals surface area contributed by atoms with Gasteiger partial charge in [0.2, 0.25) is 0 Å². The number of hydrogen-bond donors (Lipinski definition) is 2. The van der Waals surface area contributed by atoms with Crippen molar-refractivity contribution in [2.75, 3.05) is 9.80 Å². The SMILES string of the molecule is O=C(O)N1C=CN(C(=O)S)c2ccc(-c3ccccc3)cc21. The summed E-state index contributed by atoms with van der Waals surface area (Å²) in [5.41, 5.74) is 2.73. The molecule has 0 atom stereocenters. The van der Waals surface area contributed by atoms with E-state index in [-0.39, 0.29) is 0 Å². The number of anilines is 2. The lowest BCUT2D eigenvalue weighted by molar-refractivity contribution is 0.204. The number of hydrogen-bond acceptors (Lipinski definition) is 2. The lowest BCUT2D eigenvalue weighted by Gasteiger charge is -2.29. The Balaban J connectivity index is 2.14. The van der Waals surface area contributed by atoms with Gasteiger partial charge in [0, 0.05) is 12.4 Å². The highest BCUT2D eigenvalue weighted by Gasteiger charge is 2.25. The van der Waals surface area contributed by atoms with E-state index in [9.17, 15) is 14.7 Å². The monoisotopic (exact) mass is 312 g/mol. The number of rotatable bonds is 1. The topological polar surface area (TPSA) is 60.9 Å². The quantitative estimate of drug-likeness (QED) is 0.777. The van der Waals surface area contributed by atoms with E-state index in [2.05, 4.69) is 12.6 Å². The molecule has 0 fully saturated rings. The normalized spacial score (nSPS) is 13.0. The van der Waals surface area contributed by atoms with Crippen molar-refractivity contribution in [3.05, 3.63) is 60.9 Å². The van der Waals surface area contributed by atoms with E-state index in [1.54, 1.807) is 12.1 Å². The summed E-state index contributed by atoms with van der Waals surface area (Å²) in [6, 6.07) is 14.9. The van der Waals surface area contributed by atoms with Gasteiger partial charge in [-0.3, -0.25) is 9.69 Å². The van der Waals surface area contributed by atoms with Crippen molar-refractivity contribution in [2.24, 2.45) is 0 Å². The molecular formula is C16H12N2O3S. The second kappa shape index (κ2) is 5.57. The molecule has 3 rings (SSSR count). The Labute approximate surface area is 132 Å². The number of fused-ring (bicyclic) bond motifs is 1. The first-order valence-electron chi connectivity index (χ1n) is 6.50. The minimum atomic E-state index is -1.12. The van der Waals surface area contributed by atoms with Crippen LogP contribution in [0.4, 0.5) is 21.0 Å². The van der Waals surface area contributed by atoms with E-state index >= 15 is 0 Å². The Morgan fingerprint density at radius 1 is 0.864 bits per heavy atom. The van der Waals surface area contributed by atoms with Crippen molar-refractivity contribution in [1.82, 2.24) is 0 Å². The van der Waals surface area contributed by atoms with Gasteiger partial charge >= 0.3 is 6.09 Å². The molecule has 0 aliphatic carbocycles. The van der Waals surface area contributed by atoms with Crippen molar-refractivity contribution in [3.8, 4) is 11.1 Å². The first-order valence-corrected chi connectivity index (χ1v) is 6.95. The number of benzene rings is 2. The number of amides is 2. The molecule has 0 saturated heterocycles. The van der Waals surface area contributed by atoms with Crippen LogP contribution in [0.1, 0.15) is 0 Å². The van der Waals surface area contributed by atoms with E-state index in [0.29, 0.717) is 11.4 Å². The summed E-state index contributed by atoms with van der Waals surface area (Å²) >= 11 is 3.81. The summed E-state index contributed by atoms with van der Waals surface area (Å²) in [7, 11) is 0. The standard InChI is InChI=1S/C16H12N2O3S/c19-15(20)17-8-9-18(16(21)22)13-7-6-12(10-14(13)17)11-4-2-1-3-5-11/h1-10H,(H,19,20)(H,21,22). The van der Waals surface area contributed by atoms with Gasteiger partial charge in [-0.25, -0.2) is 9.69 Å². The van der Waals surface area contributed by atoms with Crippen molar-refractivity contribution in [2.45, 2.75) is 0 Å². The summed E-state index contributed by atoms with van der Waals surface area (Å²) in [4.78, 5) is 25.3. The fourth-order valence-electron chi connectivity index (χ4n) is 2.36. The third kappa shape index (κ3) is 2.44. The number of carbonyl (C=O) groups is 2. The zero-order valence-electron chi connectivity index (χ0n) is 11.4.